The van der Waals surface area contributed by atoms with Crippen molar-refractivity contribution in [1.29, 1.82) is 0 Å². The van der Waals surface area contributed by atoms with Gasteiger partial charge in [-0.25, -0.2) is 0 Å². The molecule has 0 aromatic heterocycles. The quantitative estimate of drug-likeness (QED) is 0.744. The normalized spacial score (nSPS) is 13.8. The molecular formula is C17H28ClNO. The summed E-state index contributed by atoms with van der Waals surface area (Å²) in [6.45, 7) is 9.79. The predicted molar refractivity (Wildman–Crippen MR) is 87.1 cm³/mol. The fourth-order valence-electron chi connectivity index (χ4n) is 2.51. The molecule has 0 aliphatic heterocycles. The van der Waals surface area contributed by atoms with Crippen molar-refractivity contribution in [1.82, 2.24) is 5.32 Å². The zero-order valence-corrected chi connectivity index (χ0v) is 13.9. The molecule has 0 amide bonds. The Morgan fingerprint density at radius 1 is 1.15 bits per heavy atom. The Hall–Kier alpha value is -0.570. The molecule has 0 spiro atoms. The van der Waals surface area contributed by atoms with Crippen LogP contribution in [0.5, 0.6) is 0 Å². The van der Waals surface area contributed by atoms with Gasteiger partial charge in [0.1, 0.15) is 0 Å². The highest BCUT2D eigenvalue weighted by Gasteiger charge is 2.27. The van der Waals surface area contributed by atoms with Gasteiger partial charge >= 0.3 is 0 Å². The van der Waals surface area contributed by atoms with E-state index >= 15 is 0 Å². The third-order valence-corrected chi connectivity index (χ3v) is 4.68. The molecule has 0 fully saturated rings. The first-order chi connectivity index (χ1) is 9.48. The summed E-state index contributed by atoms with van der Waals surface area (Å²) in [6, 6.07) is 8.33. The average Bonchev–Trinajstić information content (AvgIpc) is 2.45. The second-order valence-electron chi connectivity index (χ2n) is 6.02. The van der Waals surface area contributed by atoms with Crippen LogP contribution in [0.4, 0.5) is 0 Å². The molecule has 2 nitrogen and oxygen atoms in total. The number of nitrogens with one attached hydrogen (secondary N) is 1. The van der Waals surface area contributed by atoms with Crippen molar-refractivity contribution < 1.29 is 5.11 Å². The van der Waals surface area contributed by atoms with Crippen LogP contribution in [0.15, 0.2) is 24.3 Å². The Morgan fingerprint density at radius 3 is 2.10 bits per heavy atom. The van der Waals surface area contributed by atoms with Gasteiger partial charge in [-0.05, 0) is 36.5 Å². The summed E-state index contributed by atoms with van der Waals surface area (Å²) in [5.74, 6) is 0.487. The smallest absolute Gasteiger partial charge is 0.0499 e. The topological polar surface area (TPSA) is 32.3 Å². The minimum Gasteiger partial charge on any atom is -0.396 e. The molecule has 1 aromatic carbocycles. The Labute approximate surface area is 128 Å². The van der Waals surface area contributed by atoms with Gasteiger partial charge < -0.3 is 10.4 Å². The van der Waals surface area contributed by atoms with E-state index in [-0.39, 0.29) is 18.1 Å². The van der Waals surface area contributed by atoms with Gasteiger partial charge in [-0.1, -0.05) is 51.4 Å². The molecular weight excluding hydrogens is 270 g/mol. The zero-order chi connectivity index (χ0) is 15.2. The molecule has 1 rings (SSSR count). The molecule has 2 N–H and O–H groups in total. The van der Waals surface area contributed by atoms with Gasteiger partial charge in [0.15, 0.2) is 0 Å². The van der Waals surface area contributed by atoms with Gasteiger partial charge in [-0.2, -0.15) is 0 Å². The van der Waals surface area contributed by atoms with Crippen molar-refractivity contribution in [2.45, 2.75) is 46.6 Å². The fourth-order valence-corrected chi connectivity index (χ4v) is 2.64. The molecule has 20 heavy (non-hydrogen) atoms. The molecule has 0 aliphatic carbocycles. The van der Waals surface area contributed by atoms with E-state index in [9.17, 15) is 5.11 Å². The molecule has 1 aromatic rings. The molecule has 0 radical (unpaired) electrons. The van der Waals surface area contributed by atoms with Crippen LogP contribution in [0.1, 0.15) is 52.1 Å². The summed E-state index contributed by atoms with van der Waals surface area (Å²) < 4.78 is 0. The lowest BCUT2D eigenvalue weighted by molar-refractivity contribution is 0.107. The van der Waals surface area contributed by atoms with Crippen LogP contribution < -0.4 is 5.32 Å². The standard InChI is InChI=1S/C17H28ClNO/c1-5-17(6-2,12-20)11-19-16(13(3)4)14-7-9-15(18)10-8-14/h7-10,13,16,19-20H,5-6,11-12H2,1-4H3. The van der Waals surface area contributed by atoms with Gasteiger partial charge in [-0.15, -0.1) is 0 Å². The third kappa shape index (κ3) is 4.47. The first-order valence-electron chi connectivity index (χ1n) is 7.57. The molecule has 0 heterocycles. The van der Waals surface area contributed by atoms with Gasteiger partial charge in [-0.3, -0.25) is 0 Å². The van der Waals surface area contributed by atoms with Crippen molar-refractivity contribution in [2.75, 3.05) is 13.2 Å². The summed E-state index contributed by atoms with van der Waals surface area (Å²) in [6.07, 6.45) is 1.97. The van der Waals surface area contributed by atoms with E-state index in [4.69, 9.17) is 11.6 Å². The number of aliphatic hydroxyl groups excluding tert-OH is 1. The number of halogens is 1. The molecule has 0 bridgehead atoms. The zero-order valence-electron chi connectivity index (χ0n) is 13.1. The highest BCUT2D eigenvalue weighted by Crippen LogP contribution is 2.28. The maximum absolute atomic E-state index is 9.68. The largest absolute Gasteiger partial charge is 0.396 e. The van der Waals surface area contributed by atoms with E-state index in [1.165, 1.54) is 5.56 Å². The maximum Gasteiger partial charge on any atom is 0.0499 e. The highest BCUT2D eigenvalue weighted by atomic mass is 35.5. The third-order valence-electron chi connectivity index (χ3n) is 4.43. The summed E-state index contributed by atoms with van der Waals surface area (Å²) in [5, 5.41) is 14.1. The van der Waals surface area contributed by atoms with Crippen LogP contribution in [0.25, 0.3) is 0 Å². The Kier molecular flexibility index (Phi) is 7.01. The van der Waals surface area contributed by atoms with Crippen LogP contribution in [0.3, 0.4) is 0 Å². The van der Waals surface area contributed by atoms with E-state index in [0.717, 1.165) is 24.4 Å². The summed E-state index contributed by atoms with van der Waals surface area (Å²) in [7, 11) is 0. The fraction of sp³-hybridized carbons (Fsp3) is 0.647. The first-order valence-corrected chi connectivity index (χ1v) is 7.95. The van der Waals surface area contributed by atoms with Crippen molar-refractivity contribution >= 4 is 11.6 Å². The minimum absolute atomic E-state index is 0.0143. The maximum atomic E-state index is 9.68. The Bertz CT molecular complexity index is 376. The van der Waals surface area contributed by atoms with Gasteiger partial charge in [0.2, 0.25) is 0 Å². The summed E-state index contributed by atoms with van der Waals surface area (Å²) >= 11 is 5.96. The Balaban J connectivity index is 2.80. The average molecular weight is 298 g/mol. The van der Waals surface area contributed by atoms with Crippen molar-refractivity contribution in [3.8, 4) is 0 Å². The van der Waals surface area contributed by atoms with Crippen LogP contribution in [-0.4, -0.2) is 18.3 Å². The molecule has 0 aliphatic rings. The van der Waals surface area contributed by atoms with Gasteiger partial charge in [0.25, 0.3) is 0 Å². The van der Waals surface area contributed by atoms with E-state index in [0.29, 0.717) is 5.92 Å². The van der Waals surface area contributed by atoms with Crippen LogP contribution in [0, 0.1) is 11.3 Å². The monoisotopic (exact) mass is 297 g/mol. The SMILES string of the molecule is CCC(CC)(CO)CNC(c1ccc(Cl)cc1)C(C)C. The molecule has 0 saturated carbocycles. The lowest BCUT2D eigenvalue weighted by atomic mass is 9.82. The molecule has 3 heteroatoms. The molecule has 114 valence electrons. The van der Waals surface area contributed by atoms with E-state index in [1.807, 2.05) is 12.1 Å². The molecule has 0 saturated heterocycles. The van der Waals surface area contributed by atoms with E-state index in [1.54, 1.807) is 0 Å². The second kappa shape index (κ2) is 8.02. The number of hydrogen-bond donors (Lipinski definition) is 2. The number of hydrogen-bond acceptors (Lipinski definition) is 2. The number of rotatable bonds is 8. The summed E-state index contributed by atoms with van der Waals surface area (Å²) in [5.41, 5.74) is 1.24. The first kappa shape index (κ1) is 17.5. The van der Waals surface area contributed by atoms with Crippen molar-refractivity contribution in [2.24, 2.45) is 11.3 Å². The number of benzene rings is 1. The number of aliphatic hydroxyl groups is 1. The Morgan fingerprint density at radius 2 is 1.70 bits per heavy atom. The van der Waals surface area contributed by atoms with E-state index < -0.39 is 0 Å². The van der Waals surface area contributed by atoms with Gasteiger partial charge in [0, 0.05) is 29.6 Å². The lowest BCUT2D eigenvalue weighted by Gasteiger charge is -2.33. The van der Waals surface area contributed by atoms with Gasteiger partial charge in [0.05, 0.1) is 0 Å². The van der Waals surface area contributed by atoms with Crippen LogP contribution >= 0.6 is 11.6 Å². The van der Waals surface area contributed by atoms with Crippen LogP contribution in [-0.2, 0) is 0 Å². The molecule has 1 atom stereocenters. The second-order valence-corrected chi connectivity index (χ2v) is 6.46. The molecule has 1 unspecified atom stereocenters. The van der Waals surface area contributed by atoms with E-state index in [2.05, 4.69) is 45.1 Å². The summed E-state index contributed by atoms with van der Waals surface area (Å²) in [4.78, 5) is 0. The van der Waals surface area contributed by atoms with Crippen molar-refractivity contribution in [3.63, 3.8) is 0 Å². The van der Waals surface area contributed by atoms with Crippen LogP contribution in [0.2, 0.25) is 5.02 Å². The minimum atomic E-state index is -0.0143. The highest BCUT2D eigenvalue weighted by molar-refractivity contribution is 6.30. The van der Waals surface area contributed by atoms with Crippen molar-refractivity contribution in [3.05, 3.63) is 34.9 Å². The lowest BCUT2D eigenvalue weighted by Crippen LogP contribution is -2.39. The predicted octanol–water partition coefficient (Wildman–Crippen LogP) is 4.43.